The van der Waals surface area contributed by atoms with Gasteiger partial charge in [0.2, 0.25) is 6.39 Å². The van der Waals surface area contributed by atoms with Gasteiger partial charge in [-0.1, -0.05) is 5.16 Å². The predicted octanol–water partition coefficient (Wildman–Crippen LogP) is 0.513. The highest BCUT2D eigenvalue weighted by Crippen LogP contribution is 2.08. The third kappa shape index (κ3) is 2.39. The zero-order chi connectivity index (χ0) is 10.5. The van der Waals surface area contributed by atoms with Gasteiger partial charge in [0, 0.05) is 13.1 Å². The summed E-state index contributed by atoms with van der Waals surface area (Å²) in [5.74, 6) is 2.04. The van der Waals surface area contributed by atoms with Crippen LogP contribution in [-0.2, 0) is 6.54 Å². The third-order valence-corrected chi connectivity index (χ3v) is 1.76. The predicted molar refractivity (Wildman–Crippen MR) is 53.2 cm³/mol. The standard InChI is InChI=1S/C8H10N6O/c1-9-6-2-7(12-4-11-6)10-3-8-13-5-15-14-8/h2,4-5H,3H2,1H3,(H2,9,10,11,12). The summed E-state index contributed by atoms with van der Waals surface area (Å²) in [6.45, 7) is 0.469. The first-order chi connectivity index (χ1) is 7.38. The lowest BCUT2D eigenvalue weighted by Crippen LogP contribution is -2.04. The van der Waals surface area contributed by atoms with Gasteiger partial charge in [-0.25, -0.2) is 9.97 Å². The minimum absolute atomic E-state index is 0.469. The molecule has 0 aromatic carbocycles. The fraction of sp³-hybridized carbons (Fsp3) is 0.250. The quantitative estimate of drug-likeness (QED) is 0.753. The summed E-state index contributed by atoms with van der Waals surface area (Å²) in [4.78, 5) is 11.9. The molecule has 7 heteroatoms. The SMILES string of the molecule is CNc1cc(NCc2ncon2)ncn1. The Labute approximate surface area is 85.9 Å². The molecule has 0 amide bonds. The van der Waals surface area contributed by atoms with Crippen molar-refractivity contribution in [3.05, 3.63) is 24.6 Å². The van der Waals surface area contributed by atoms with Crippen molar-refractivity contribution in [1.82, 2.24) is 20.1 Å². The summed E-state index contributed by atoms with van der Waals surface area (Å²) in [7, 11) is 1.80. The highest BCUT2D eigenvalue weighted by molar-refractivity contribution is 5.45. The van der Waals surface area contributed by atoms with Crippen molar-refractivity contribution >= 4 is 11.6 Å². The van der Waals surface area contributed by atoms with E-state index in [2.05, 4.69) is 35.3 Å². The van der Waals surface area contributed by atoms with Gasteiger partial charge in [0.1, 0.15) is 18.0 Å². The molecule has 2 heterocycles. The molecular formula is C8H10N6O. The lowest BCUT2D eigenvalue weighted by Gasteiger charge is -2.03. The fourth-order valence-electron chi connectivity index (χ4n) is 1.03. The molecule has 0 bridgehead atoms. The third-order valence-electron chi connectivity index (χ3n) is 1.76. The van der Waals surface area contributed by atoms with Crippen LogP contribution in [0.5, 0.6) is 0 Å². The van der Waals surface area contributed by atoms with Crippen LogP contribution < -0.4 is 10.6 Å². The number of nitrogens with zero attached hydrogens (tertiary/aromatic N) is 4. The molecule has 0 aliphatic heterocycles. The van der Waals surface area contributed by atoms with E-state index >= 15 is 0 Å². The van der Waals surface area contributed by atoms with Crippen LogP contribution in [0.1, 0.15) is 5.82 Å². The number of anilines is 2. The highest BCUT2D eigenvalue weighted by Gasteiger charge is 2.00. The highest BCUT2D eigenvalue weighted by atomic mass is 16.5. The Balaban J connectivity index is 1.98. The van der Waals surface area contributed by atoms with E-state index in [9.17, 15) is 0 Å². The zero-order valence-corrected chi connectivity index (χ0v) is 8.14. The monoisotopic (exact) mass is 206 g/mol. The molecule has 0 radical (unpaired) electrons. The molecular weight excluding hydrogens is 196 g/mol. The van der Waals surface area contributed by atoms with Gasteiger partial charge in [-0.3, -0.25) is 0 Å². The number of hydrogen-bond acceptors (Lipinski definition) is 7. The molecule has 2 aromatic heterocycles. The van der Waals surface area contributed by atoms with Gasteiger partial charge < -0.3 is 15.2 Å². The molecule has 7 nitrogen and oxygen atoms in total. The van der Waals surface area contributed by atoms with Crippen LogP contribution in [0.25, 0.3) is 0 Å². The first-order valence-corrected chi connectivity index (χ1v) is 4.37. The van der Waals surface area contributed by atoms with Crippen LogP contribution >= 0.6 is 0 Å². The molecule has 0 saturated carbocycles. The summed E-state index contributed by atoms with van der Waals surface area (Å²) < 4.78 is 4.60. The van der Waals surface area contributed by atoms with E-state index in [0.29, 0.717) is 18.2 Å². The molecule has 0 fully saturated rings. The molecule has 0 aliphatic rings. The van der Waals surface area contributed by atoms with Gasteiger partial charge >= 0.3 is 0 Å². The van der Waals surface area contributed by atoms with Crippen molar-refractivity contribution in [3.63, 3.8) is 0 Å². The van der Waals surface area contributed by atoms with Crippen LogP contribution in [0.3, 0.4) is 0 Å². The second-order valence-corrected chi connectivity index (χ2v) is 2.74. The maximum absolute atomic E-state index is 4.60. The largest absolute Gasteiger partial charge is 0.373 e. The van der Waals surface area contributed by atoms with Crippen LogP contribution in [-0.4, -0.2) is 27.2 Å². The van der Waals surface area contributed by atoms with E-state index in [1.165, 1.54) is 12.7 Å². The molecule has 2 aromatic rings. The molecule has 0 atom stereocenters. The van der Waals surface area contributed by atoms with Crippen molar-refractivity contribution in [2.75, 3.05) is 17.7 Å². The number of nitrogens with one attached hydrogen (secondary N) is 2. The Morgan fingerprint density at radius 1 is 1.27 bits per heavy atom. The Morgan fingerprint density at radius 2 is 2.13 bits per heavy atom. The minimum atomic E-state index is 0.469. The van der Waals surface area contributed by atoms with Gasteiger partial charge in [-0.05, 0) is 0 Å². The molecule has 2 rings (SSSR count). The van der Waals surface area contributed by atoms with Crippen molar-refractivity contribution in [1.29, 1.82) is 0 Å². The van der Waals surface area contributed by atoms with E-state index < -0.39 is 0 Å². The zero-order valence-electron chi connectivity index (χ0n) is 8.14. The fourth-order valence-corrected chi connectivity index (χ4v) is 1.03. The molecule has 2 N–H and O–H groups in total. The molecule has 15 heavy (non-hydrogen) atoms. The second-order valence-electron chi connectivity index (χ2n) is 2.74. The first-order valence-electron chi connectivity index (χ1n) is 4.37. The van der Waals surface area contributed by atoms with Crippen LogP contribution in [0.2, 0.25) is 0 Å². The van der Waals surface area contributed by atoms with Gasteiger partial charge in [0.05, 0.1) is 6.54 Å². The molecule has 0 spiro atoms. The van der Waals surface area contributed by atoms with Crippen molar-refractivity contribution in [3.8, 4) is 0 Å². The van der Waals surface area contributed by atoms with Crippen LogP contribution in [0.4, 0.5) is 11.6 Å². The van der Waals surface area contributed by atoms with Gasteiger partial charge in [0.15, 0.2) is 5.82 Å². The number of rotatable bonds is 4. The number of hydrogen-bond donors (Lipinski definition) is 2. The van der Waals surface area contributed by atoms with E-state index in [4.69, 9.17) is 0 Å². The summed E-state index contributed by atoms with van der Waals surface area (Å²) in [5, 5.41) is 9.63. The summed E-state index contributed by atoms with van der Waals surface area (Å²) in [6, 6.07) is 1.79. The van der Waals surface area contributed by atoms with E-state index in [1.807, 2.05) is 0 Å². The summed E-state index contributed by atoms with van der Waals surface area (Å²) in [5.41, 5.74) is 0. The topological polar surface area (TPSA) is 88.8 Å². The minimum Gasteiger partial charge on any atom is -0.373 e. The van der Waals surface area contributed by atoms with Crippen LogP contribution in [0, 0.1) is 0 Å². The van der Waals surface area contributed by atoms with Crippen molar-refractivity contribution in [2.45, 2.75) is 6.54 Å². The maximum atomic E-state index is 4.60. The molecule has 0 saturated heterocycles. The lowest BCUT2D eigenvalue weighted by molar-refractivity contribution is 0.411. The van der Waals surface area contributed by atoms with Gasteiger partial charge in [0.25, 0.3) is 0 Å². The van der Waals surface area contributed by atoms with E-state index in [1.54, 1.807) is 13.1 Å². The first kappa shape index (κ1) is 9.38. The maximum Gasteiger partial charge on any atom is 0.213 e. The Morgan fingerprint density at radius 3 is 2.87 bits per heavy atom. The Bertz CT molecular complexity index is 415. The lowest BCUT2D eigenvalue weighted by atomic mass is 10.5. The van der Waals surface area contributed by atoms with Crippen molar-refractivity contribution in [2.24, 2.45) is 0 Å². The summed E-state index contributed by atoms with van der Waals surface area (Å²) >= 11 is 0. The van der Waals surface area contributed by atoms with Gasteiger partial charge in [-0.2, -0.15) is 4.98 Å². The molecule has 78 valence electrons. The average molecular weight is 206 g/mol. The average Bonchev–Trinajstić information content (AvgIpc) is 2.79. The Kier molecular flexibility index (Phi) is 2.72. The smallest absolute Gasteiger partial charge is 0.213 e. The second kappa shape index (κ2) is 4.36. The molecule has 0 unspecified atom stereocenters. The summed E-state index contributed by atoms with van der Waals surface area (Å²) in [6.07, 6.45) is 2.76. The van der Waals surface area contributed by atoms with Gasteiger partial charge in [-0.15, -0.1) is 0 Å². The molecule has 0 aliphatic carbocycles. The van der Waals surface area contributed by atoms with Crippen LogP contribution in [0.15, 0.2) is 23.3 Å². The normalized spacial score (nSPS) is 9.93. The van der Waals surface area contributed by atoms with E-state index in [0.717, 1.165) is 5.82 Å². The Hall–Kier alpha value is -2.18. The number of aromatic nitrogens is 4. The van der Waals surface area contributed by atoms with E-state index in [-0.39, 0.29) is 0 Å². The van der Waals surface area contributed by atoms with Crippen molar-refractivity contribution < 1.29 is 4.52 Å².